The van der Waals surface area contributed by atoms with Crippen LogP contribution in [0.1, 0.15) is 5.56 Å². The molecule has 0 bridgehead atoms. The average Bonchev–Trinajstić information content (AvgIpc) is 2.50. The third kappa shape index (κ3) is 1.56. The molecule has 14 heavy (non-hydrogen) atoms. The summed E-state index contributed by atoms with van der Waals surface area (Å²) in [7, 11) is 0. The van der Waals surface area contributed by atoms with E-state index in [-0.39, 0.29) is 18.2 Å². The highest BCUT2D eigenvalue weighted by atomic mass is 19.1. The Bertz CT molecular complexity index is 409. The van der Waals surface area contributed by atoms with Gasteiger partial charge in [0.15, 0.2) is 0 Å². The van der Waals surface area contributed by atoms with Crippen LogP contribution < -0.4 is 5.32 Å². The minimum atomic E-state index is -0.566. The molecule has 2 N–H and O–H groups in total. The maximum Gasteiger partial charge on any atom is 0.247 e. The van der Waals surface area contributed by atoms with Gasteiger partial charge in [-0.05, 0) is 12.1 Å². The molecule has 0 radical (unpaired) electrons. The molecule has 1 aromatic carbocycles. The van der Waals surface area contributed by atoms with Gasteiger partial charge in [0.1, 0.15) is 23.9 Å². The summed E-state index contributed by atoms with van der Waals surface area (Å²) in [5, 5.41) is 11.6. The van der Waals surface area contributed by atoms with E-state index in [4.69, 9.17) is 5.11 Å². The van der Waals surface area contributed by atoms with E-state index in [0.717, 1.165) is 6.07 Å². The number of benzene rings is 1. The van der Waals surface area contributed by atoms with Gasteiger partial charge in [-0.1, -0.05) is 0 Å². The van der Waals surface area contributed by atoms with E-state index in [1.807, 2.05) is 0 Å². The highest BCUT2D eigenvalue weighted by Crippen LogP contribution is 2.15. The zero-order valence-electron chi connectivity index (χ0n) is 7.12. The number of aromatic hydroxyl groups is 1. The molecule has 0 aromatic heterocycles. The summed E-state index contributed by atoms with van der Waals surface area (Å²) >= 11 is 0. The maximum atomic E-state index is 12.9. The van der Waals surface area contributed by atoms with Crippen molar-refractivity contribution in [3.05, 3.63) is 29.6 Å². The Morgan fingerprint density at radius 1 is 1.43 bits per heavy atom. The van der Waals surface area contributed by atoms with Crippen molar-refractivity contribution < 1.29 is 14.3 Å². The van der Waals surface area contributed by atoms with Crippen LogP contribution in [-0.4, -0.2) is 23.4 Å². The molecule has 1 amide bonds. The van der Waals surface area contributed by atoms with Crippen LogP contribution in [0.2, 0.25) is 0 Å². The van der Waals surface area contributed by atoms with E-state index in [2.05, 4.69) is 10.3 Å². The van der Waals surface area contributed by atoms with E-state index < -0.39 is 5.82 Å². The number of carbonyl (C=O) groups excluding carboxylic acids is 1. The summed E-state index contributed by atoms with van der Waals surface area (Å²) in [4.78, 5) is 14.7. The van der Waals surface area contributed by atoms with Crippen LogP contribution in [0.5, 0.6) is 5.75 Å². The quantitative estimate of drug-likeness (QED) is 0.680. The van der Waals surface area contributed by atoms with Crippen molar-refractivity contribution in [3.63, 3.8) is 0 Å². The largest absolute Gasteiger partial charge is 0.508 e. The molecule has 0 atom stereocenters. The van der Waals surface area contributed by atoms with Gasteiger partial charge in [0.05, 0.1) is 0 Å². The first kappa shape index (κ1) is 8.68. The molecular weight excluding hydrogens is 187 g/mol. The fraction of sp³-hybridized carbons (Fsp3) is 0.111. The van der Waals surface area contributed by atoms with Gasteiger partial charge in [0, 0.05) is 11.6 Å². The van der Waals surface area contributed by atoms with Gasteiger partial charge < -0.3 is 10.4 Å². The van der Waals surface area contributed by atoms with Gasteiger partial charge >= 0.3 is 0 Å². The second-order valence-electron chi connectivity index (χ2n) is 2.91. The smallest absolute Gasteiger partial charge is 0.247 e. The first-order valence-electron chi connectivity index (χ1n) is 3.99. The number of nitrogens with one attached hydrogen (secondary N) is 1. The number of aliphatic imine (C=N–C) groups is 1. The van der Waals surface area contributed by atoms with Crippen molar-refractivity contribution >= 4 is 11.7 Å². The van der Waals surface area contributed by atoms with Crippen LogP contribution in [0.15, 0.2) is 23.2 Å². The lowest BCUT2D eigenvalue weighted by molar-refractivity contribution is -0.117. The van der Waals surface area contributed by atoms with Crippen molar-refractivity contribution in [1.29, 1.82) is 0 Å². The van der Waals surface area contributed by atoms with Crippen LogP contribution in [-0.2, 0) is 4.79 Å². The zero-order valence-corrected chi connectivity index (χ0v) is 7.12. The number of phenolic OH excluding ortho intramolecular Hbond substituents is 1. The Balaban J connectivity index is 2.37. The molecule has 1 aliphatic rings. The molecule has 5 heteroatoms. The molecule has 4 nitrogen and oxygen atoms in total. The number of halogens is 1. The maximum absolute atomic E-state index is 12.9. The third-order valence-electron chi connectivity index (χ3n) is 1.79. The van der Waals surface area contributed by atoms with Gasteiger partial charge in [0.2, 0.25) is 5.91 Å². The number of hydrogen-bond donors (Lipinski definition) is 2. The molecule has 2 rings (SSSR count). The lowest BCUT2D eigenvalue weighted by Crippen LogP contribution is -2.25. The van der Waals surface area contributed by atoms with Gasteiger partial charge in [-0.2, -0.15) is 0 Å². The number of carbonyl (C=O) groups is 1. The summed E-state index contributed by atoms with van der Waals surface area (Å²) in [6, 6.07) is 3.53. The first-order valence-corrected chi connectivity index (χ1v) is 3.99. The topological polar surface area (TPSA) is 61.7 Å². The molecule has 0 saturated carbocycles. The first-order chi connectivity index (χ1) is 6.65. The predicted molar refractivity (Wildman–Crippen MR) is 47.6 cm³/mol. The van der Waals surface area contributed by atoms with E-state index in [0.29, 0.717) is 11.4 Å². The summed E-state index contributed by atoms with van der Waals surface area (Å²) in [5.74, 6) is -0.693. The van der Waals surface area contributed by atoms with Crippen LogP contribution in [0.25, 0.3) is 0 Å². The number of phenols is 1. The summed E-state index contributed by atoms with van der Waals surface area (Å²) in [6.45, 7) is 0.0482. The molecule has 1 aromatic rings. The minimum absolute atomic E-state index is 0.0482. The summed E-state index contributed by atoms with van der Waals surface area (Å²) in [6.07, 6.45) is 0. The highest BCUT2D eigenvalue weighted by Gasteiger charge is 2.15. The number of hydrogen-bond acceptors (Lipinski definition) is 3. The summed E-state index contributed by atoms with van der Waals surface area (Å²) in [5.41, 5.74) is 0.369. The van der Waals surface area contributed by atoms with Crippen molar-refractivity contribution in [2.75, 3.05) is 6.54 Å². The van der Waals surface area contributed by atoms with Crippen LogP contribution >= 0.6 is 0 Å². The van der Waals surface area contributed by atoms with E-state index in [1.165, 1.54) is 12.1 Å². The average molecular weight is 194 g/mol. The van der Waals surface area contributed by atoms with Crippen LogP contribution in [0.3, 0.4) is 0 Å². The zero-order chi connectivity index (χ0) is 10.1. The molecule has 1 heterocycles. The van der Waals surface area contributed by atoms with Crippen molar-refractivity contribution in [3.8, 4) is 5.75 Å². The Morgan fingerprint density at radius 3 is 2.79 bits per heavy atom. The molecule has 0 fully saturated rings. The Morgan fingerprint density at radius 2 is 2.21 bits per heavy atom. The van der Waals surface area contributed by atoms with Crippen molar-refractivity contribution in [2.24, 2.45) is 4.99 Å². The van der Waals surface area contributed by atoms with Crippen LogP contribution in [0, 0.1) is 5.82 Å². The Kier molecular flexibility index (Phi) is 1.92. The van der Waals surface area contributed by atoms with Crippen molar-refractivity contribution in [2.45, 2.75) is 0 Å². The minimum Gasteiger partial charge on any atom is -0.508 e. The monoisotopic (exact) mass is 194 g/mol. The van der Waals surface area contributed by atoms with E-state index in [9.17, 15) is 9.18 Å². The molecule has 0 unspecified atom stereocenters. The third-order valence-corrected chi connectivity index (χ3v) is 1.79. The SMILES string of the molecule is O=C1CN=C(c2cc(O)cc(F)c2)N1. The fourth-order valence-electron chi connectivity index (χ4n) is 1.24. The Labute approximate surface area is 79.1 Å². The number of rotatable bonds is 1. The normalized spacial score (nSPS) is 15.2. The van der Waals surface area contributed by atoms with E-state index in [1.54, 1.807) is 0 Å². The van der Waals surface area contributed by atoms with E-state index >= 15 is 0 Å². The number of amidine groups is 1. The number of amides is 1. The predicted octanol–water partition coefficient (Wildman–Crippen LogP) is 0.408. The molecule has 72 valence electrons. The summed E-state index contributed by atoms with van der Waals surface area (Å²) < 4.78 is 12.9. The standard InChI is InChI=1S/C9H7FN2O2/c10-6-1-5(2-7(13)3-6)9-11-4-8(14)12-9/h1-3,13H,4H2,(H,11,12,14). The second-order valence-corrected chi connectivity index (χ2v) is 2.91. The van der Waals surface area contributed by atoms with Crippen LogP contribution in [0.4, 0.5) is 4.39 Å². The molecule has 1 aliphatic heterocycles. The van der Waals surface area contributed by atoms with Gasteiger partial charge in [-0.25, -0.2) is 4.39 Å². The Hall–Kier alpha value is -1.91. The van der Waals surface area contributed by atoms with Gasteiger partial charge in [0.25, 0.3) is 0 Å². The second kappa shape index (κ2) is 3.10. The highest BCUT2D eigenvalue weighted by molar-refractivity contribution is 6.12. The molecule has 0 spiro atoms. The van der Waals surface area contributed by atoms with Crippen molar-refractivity contribution in [1.82, 2.24) is 5.32 Å². The lowest BCUT2D eigenvalue weighted by Gasteiger charge is -2.02. The molecule has 0 aliphatic carbocycles. The number of nitrogens with zero attached hydrogens (tertiary/aromatic N) is 1. The van der Waals surface area contributed by atoms with Gasteiger partial charge in [-0.3, -0.25) is 9.79 Å². The molecular formula is C9H7FN2O2. The van der Waals surface area contributed by atoms with Gasteiger partial charge in [-0.15, -0.1) is 0 Å². The fourth-order valence-corrected chi connectivity index (χ4v) is 1.24. The molecule has 0 saturated heterocycles. The lowest BCUT2D eigenvalue weighted by atomic mass is 10.2.